The fourth-order valence-corrected chi connectivity index (χ4v) is 3.58. The van der Waals surface area contributed by atoms with Gasteiger partial charge in [-0.15, -0.1) is 0 Å². The van der Waals surface area contributed by atoms with E-state index in [1.807, 2.05) is 0 Å². The molecule has 0 saturated heterocycles. The standard InChI is InChI=1S/C16H18N2O5S/c1-21-11-6-7-15(22-2)12(9-11)13-10-14(16-5-4-8-23-16)18(17-13)24(3,19)20/h4-9,14H,10H2,1-3H3/t14-/m0/s1. The molecule has 0 amide bonds. The Bertz CT molecular complexity index is 859. The van der Waals surface area contributed by atoms with E-state index in [0.717, 1.165) is 10.7 Å². The van der Waals surface area contributed by atoms with Crippen molar-refractivity contribution in [3.05, 3.63) is 47.9 Å². The Labute approximate surface area is 140 Å². The van der Waals surface area contributed by atoms with Gasteiger partial charge in [-0.1, -0.05) is 0 Å². The first kappa shape index (κ1) is 16.4. The average Bonchev–Trinajstić information content (AvgIpc) is 3.22. The Kier molecular flexibility index (Phi) is 4.23. The number of hydrogen-bond acceptors (Lipinski definition) is 6. The van der Waals surface area contributed by atoms with E-state index in [1.165, 1.54) is 6.26 Å². The van der Waals surface area contributed by atoms with Crippen LogP contribution in [0.3, 0.4) is 0 Å². The summed E-state index contributed by atoms with van der Waals surface area (Å²) in [6, 6.07) is 8.27. The topological polar surface area (TPSA) is 81.3 Å². The fourth-order valence-electron chi connectivity index (χ4n) is 2.69. The molecule has 0 N–H and O–H groups in total. The molecule has 0 saturated carbocycles. The Balaban J connectivity index is 2.06. The molecule has 1 aliphatic rings. The van der Waals surface area contributed by atoms with E-state index in [1.54, 1.807) is 44.6 Å². The van der Waals surface area contributed by atoms with Crippen LogP contribution in [0.15, 0.2) is 46.1 Å². The molecule has 0 radical (unpaired) electrons. The van der Waals surface area contributed by atoms with Crippen LogP contribution in [0, 0.1) is 0 Å². The quantitative estimate of drug-likeness (QED) is 0.827. The average molecular weight is 350 g/mol. The predicted molar refractivity (Wildman–Crippen MR) is 88.8 cm³/mol. The normalized spacial score (nSPS) is 17.7. The minimum atomic E-state index is -3.54. The van der Waals surface area contributed by atoms with Crippen molar-refractivity contribution in [1.82, 2.24) is 4.41 Å². The summed E-state index contributed by atoms with van der Waals surface area (Å²) in [6.07, 6.45) is 3.02. The van der Waals surface area contributed by atoms with Gasteiger partial charge in [-0.25, -0.2) is 8.42 Å². The summed E-state index contributed by atoms with van der Waals surface area (Å²) in [5, 5.41) is 4.32. The van der Waals surface area contributed by atoms with Gasteiger partial charge in [-0.05, 0) is 30.3 Å². The highest BCUT2D eigenvalue weighted by molar-refractivity contribution is 7.88. The Hall–Kier alpha value is -2.48. The van der Waals surface area contributed by atoms with Gasteiger partial charge in [0.05, 0.1) is 32.5 Å². The number of hydrogen-bond donors (Lipinski definition) is 0. The highest BCUT2D eigenvalue weighted by Gasteiger charge is 2.37. The van der Waals surface area contributed by atoms with Gasteiger partial charge < -0.3 is 13.9 Å². The number of ether oxygens (including phenoxy) is 2. The molecule has 1 aromatic carbocycles. The van der Waals surface area contributed by atoms with E-state index in [2.05, 4.69) is 5.10 Å². The van der Waals surface area contributed by atoms with Crippen LogP contribution >= 0.6 is 0 Å². The molecule has 128 valence electrons. The molecule has 2 aromatic rings. The first-order chi connectivity index (χ1) is 11.4. The Morgan fingerprint density at radius 2 is 2.04 bits per heavy atom. The van der Waals surface area contributed by atoms with Crippen LogP contribution in [0.25, 0.3) is 0 Å². The summed E-state index contributed by atoms with van der Waals surface area (Å²) in [5.74, 6) is 1.78. The highest BCUT2D eigenvalue weighted by atomic mass is 32.2. The molecular formula is C16H18N2O5S. The van der Waals surface area contributed by atoms with Crippen LogP contribution in [0.2, 0.25) is 0 Å². The third kappa shape index (κ3) is 2.96. The minimum absolute atomic E-state index is 0.379. The van der Waals surface area contributed by atoms with E-state index >= 15 is 0 Å². The number of methoxy groups -OCH3 is 2. The molecule has 1 atom stereocenters. The maximum atomic E-state index is 12.1. The summed E-state index contributed by atoms with van der Waals surface area (Å²) in [7, 11) is -0.419. The molecular weight excluding hydrogens is 332 g/mol. The second kappa shape index (κ2) is 6.20. The zero-order chi connectivity index (χ0) is 17.3. The summed E-state index contributed by atoms with van der Waals surface area (Å²) in [6.45, 7) is 0. The minimum Gasteiger partial charge on any atom is -0.497 e. The van der Waals surface area contributed by atoms with Gasteiger partial charge in [0.2, 0.25) is 10.0 Å². The fraction of sp³-hybridized carbons (Fsp3) is 0.312. The number of hydrazone groups is 1. The number of nitrogens with zero attached hydrogens (tertiary/aromatic N) is 2. The van der Waals surface area contributed by atoms with Crippen molar-refractivity contribution < 1.29 is 22.3 Å². The van der Waals surface area contributed by atoms with Gasteiger partial charge in [-0.2, -0.15) is 9.52 Å². The highest BCUT2D eigenvalue weighted by Crippen LogP contribution is 2.37. The number of benzene rings is 1. The Morgan fingerprint density at radius 3 is 2.62 bits per heavy atom. The number of sulfonamides is 1. The summed E-state index contributed by atoms with van der Waals surface area (Å²) in [5.41, 5.74) is 1.29. The van der Waals surface area contributed by atoms with Crippen LogP contribution in [0.5, 0.6) is 11.5 Å². The van der Waals surface area contributed by atoms with Crippen LogP contribution in [0.4, 0.5) is 0 Å². The molecule has 0 bridgehead atoms. The van der Waals surface area contributed by atoms with Crippen molar-refractivity contribution in [2.45, 2.75) is 12.5 Å². The molecule has 2 heterocycles. The molecule has 8 heteroatoms. The molecule has 24 heavy (non-hydrogen) atoms. The van der Waals surface area contributed by atoms with Crippen molar-refractivity contribution in [2.75, 3.05) is 20.5 Å². The van der Waals surface area contributed by atoms with Crippen molar-refractivity contribution in [3.8, 4) is 11.5 Å². The third-order valence-corrected chi connectivity index (χ3v) is 4.82. The first-order valence-corrected chi connectivity index (χ1v) is 9.11. The van der Waals surface area contributed by atoms with Gasteiger partial charge in [0.1, 0.15) is 23.3 Å². The molecule has 0 spiro atoms. The number of rotatable bonds is 5. The molecule has 0 unspecified atom stereocenters. The van der Waals surface area contributed by atoms with Crippen molar-refractivity contribution in [2.24, 2.45) is 5.10 Å². The van der Waals surface area contributed by atoms with E-state index in [0.29, 0.717) is 35.0 Å². The lowest BCUT2D eigenvalue weighted by Crippen LogP contribution is -2.25. The van der Waals surface area contributed by atoms with Crippen LogP contribution in [-0.4, -0.2) is 39.0 Å². The maximum Gasteiger partial charge on any atom is 0.247 e. The number of furan rings is 1. The van der Waals surface area contributed by atoms with Gasteiger partial charge in [0.15, 0.2) is 0 Å². The lowest BCUT2D eigenvalue weighted by molar-refractivity contribution is 0.322. The largest absolute Gasteiger partial charge is 0.497 e. The van der Waals surface area contributed by atoms with Crippen LogP contribution in [-0.2, 0) is 10.0 Å². The lowest BCUT2D eigenvalue weighted by atomic mass is 10.0. The molecule has 1 aliphatic heterocycles. The lowest BCUT2D eigenvalue weighted by Gasteiger charge is -2.18. The Morgan fingerprint density at radius 1 is 1.25 bits per heavy atom. The molecule has 0 fully saturated rings. The van der Waals surface area contributed by atoms with Crippen LogP contribution < -0.4 is 9.47 Å². The smallest absolute Gasteiger partial charge is 0.247 e. The first-order valence-electron chi connectivity index (χ1n) is 7.26. The second-order valence-electron chi connectivity index (χ2n) is 5.38. The van der Waals surface area contributed by atoms with Crippen LogP contribution in [0.1, 0.15) is 23.8 Å². The predicted octanol–water partition coefficient (Wildman–Crippen LogP) is 2.41. The maximum absolute atomic E-state index is 12.1. The zero-order valence-electron chi connectivity index (χ0n) is 13.6. The van der Waals surface area contributed by atoms with Crippen molar-refractivity contribution in [1.29, 1.82) is 0 Å². The van der Waals surface area contributed by atoms with Crippen molar-refractivity contribution in [3.63, 3.8) is 0 Å². The summed E-state index contributed by atoms with van der Waals surface area (Å²) < 4.78 is 41.3. The van der Waals surface area contributed by atoms with E-state index in [9.17, 15) is 8.42 Å². The summed E-state index contributed by atoms with van der Waals surface area (Å²) in [4.78, 5) is 0. The SMILES string of the molecule is COc1ccc(OC)c(C2=NN(S(C)(=O)=O)[C@H](c3ccco3)C2)c1. The molecule has 1 aromatic heterocycles. The van der Waals surface area contributed by atoms with Gasteiger partial charge in [0, 0.05) is 12.0 Å². The van der Waals surface area contributed by atoms with E-state index in [-0.39, 0.29) is 0 Å². The van der Waals surface area contributed by atoms with E-state index in [4.69, 9.17) is 13.9 Å². The van der Waals surface area contributed by atoms with Gasteiger partial charge in [-0.3, -0.25) is 0 Å². The van der Waals surface area contributed by atoms with Gasteiger partial charge in [0.25, 0.3) is 0 Å². The monoisotopic (exact) mass is 350 g/mol. The van der Waals surface area contributed by atoms with E-state index < -0.39 is 16.1 Å². The third-order valence-electron chi connectivity index (χ3n) is 3.80. The second-order valence-corrected chi connectivity index (χ2v) is 7.22. The van der Waals surface area contributed by atoms with Crippen molar-refractivity contribution >= 4 is 15.7 Å². The summed E-state index contributed by atoms with van der Waals surface area (Å²) >= 11 is 0. The molecule has 3 rings (SSSR count). The zero-order valence-corrected chi connectivity index (χ0v) is 14.4. The van der Waals surface area contributed by atoms with Gasteiger partial charge >= 0.3 is 0 Å². The molecule has 7 nitrogen and oxygen atoms in total. The molecule has 0 aliphatic carbocycles.